The van der Waals surface area contributed by atoms with E-state index in [4.69, 9.17) is 0 Å². The predicted molar refractivity (Wildman–Crippen MR) is 112 cm³/mol. The third kappa shape index (κ3) is 4.45. The van der Waals surface area contributed by atoms with Crippen molar-refractivity contribution in [3.63, 3.8) is 0 Å². The lowest BCUT2D eigenvalue weighted by Crippen LogP contribution is -2.42. The molecule has 0 aromatic heterocycles. The lowest BCUT2D eigenvalue weighted by molar-refractivity contribution is 0.102. The van der Waals surface area contributed by atoms with Gasteiger partial charge in [0.25, 0.3) is 5.91 Å². The van der Waals surface area contributed by atoms with Gasteiger partial charge in [0.05, 0.1) is 4.90 Å². The third-order valence-electron chi connectivity index (χ3n) is 5.33. The summed E-state index contributed by atoms with van der Waals surface area (Å²) < 4.78 is 27.7. The van der Waals surface area contributed by atoms with Crippen molar-refractivity contribution in [2.24, 2.45) is 11.8 Å². The van der Waals surface area contributed by atoms with Gasteiger partial charge in [0.2, 0.25) is 10.0 Å². The third-order valence-corrected chi connectivity index (χ3v) is 7.16. The Hall–Kier alpha value is -2.18. The fourth-order valence-corrected chi connectivity index (χ4v) is 5.50. The Kier molecular flexibility index (Phi) is 5.91. The zero-order valence-electron chi connectivity index (χ0n) is 16.9. The minimum atomic E-state index is -3.62. The Bertz CT molecular complexity index is 975. The SMILES string of the molecule is Cc1ccc(NC(=O)c2cccc(S(=O)(=O)N3CC(C)CC(C)C3)c2)cc1C. The van der Waals surface area contributed by atoms with E-state index in [1.807, 2.05) is 32.0 Å². The van der Waals surface area contributed by atoms with Crippen molar-refractivity contribution in [1.29, 1.82) is 0 Å². The zero-order chi connectivity index (χ0) is 20.5. The van der Waals surface area contributed by atoms with Gasteiger partial charge in [-0.15, -0.1) is 0 Å². The van der Waals surface area contributed by atoms with Crippen LogP contribution in [0.2, 0.25) is 0 Å². The molecule has 0 spiro atoms. The second kappa shape index (κ2) is 8.05. The molecule has 1 aliphatic rings. The van der Waals surface area contributed by atoms with Gasteiger partial charge in [-0.3, -0.25) is 4.79 Å². The van der Waals surface area contributed by atoms with E-state index >= 15 is 0 Å². The van der Waals surface area contributed by atoms with Crippen LogP contribution in [0, 0.1) is 25.7 Å². The highest BCUT2D eigenvalue weighted by Gasteiger charge is 2.31. The molecule has 150 valence electrons. The fourth-order valence-electron chi connectivity index (χ4n) is 3.77. The van der Waals surface area contributed by atoms with Crippen LogP contribution in [-0.4, -0.2) is 31.7 Å². The molecule has 1 amide bonds. The van der Waals surface area contributed by atoms with Crippen molar-refractivity contribution in [2.45, 2.75) is 39.0 Å². The number of piperidine rings is 1. The second-order valence-electron chi connectivity index (χ2n) is 8.05. The van der Waals surface area contributed by atoms with Gasteiger partial charge >= 0.3 is 0 Å². The Morgan fingerprint density at radius 1 is 1.00 bits per heavy atom. The van der Waals surface area contributed by atoms with Gasteiger partial charge in [-0.25, -0.2) is 8.42 Å². The maximum absolute atomic E-state index is 13.1. The summed E-state index contributed by atoms with van der Waals surface area (Å²) in [7, 11) is -3.62. The van der Waals surface area contributed by atoms with Crippen LogP contribution in [0.15, 0.2) is 47.4 Å². The number of nitrogens with zero attached hydrogens (tertiary/aromatic N) is 1. The van der Waals surface area contributed by atoms with Crippen LogP contribution in [0.25, 0.3) is 0 Å². The zero-order valence-corrected chi connectivity index (χ0v) is 17.7. The highest BCUT2D eigenvalue weighted by atomic mass is 32.2. The number of nitrogens with one attached hydrogen (secondary N) is 1. The summed E-state index contributed by atoms with van der Waals surface area (Å²) in [5, 5.41) is 2.85. The monoisotopic (exact) mass is 400 g/mol. The summed E-state index contributed by atoms with van der Waals surface area (Å²) in [6, 6.07) is 12.0. The number of anilines is 1. The van der Waals surface area contributed by atoms with Crippen LogP contribution < -0.4 is 5.32 Å². The highest BCUT2D eigenvalue weighted by Crippen LogP contribution is 2.27. The molecule has 2 aromatic rings. The first-order valence-electron chi connectivity index (χ1n) is 9.65. The number of carbonyl (C=O) groups is 1. The number of aryl methyl sites for hydroxylation is 2. The molecule has 3 rings (SSSR count). The number of carbonyl (C=O) groups excluding carboxylic acids is 1. The first kappa shape index (κ1) is 20.6. The van der Waals surface area contributed by atoms with Gasteiger partial charge in [-0.2, -0.15) is 4.31 Å². The quantitative estimate of drug-likeness (QED) is 0.835. The van der Waals surface area contributed by atoms with Crippen LogP contribution in [0.4, 0.5) is 5.69 Å². The maximum atomic E-state index is 13.1. The summed E-state index contributed by atoms with van der Waals surface area (Å²) in [4.78, 5) is 12.8. The highest BCUT2D eigenvalue weighted by molar-refractivity contribution is 7.89. The number of benzene rings is 2. The number of hydrogen-bond acceptors (Lipinski definition) is 3. The largest absolute Gasteiger partial charge is 0.322 e. The van der Waals surface area contributed by atoms with Crippen LogP contribution >= 0.6 is 0 Å². The molecule has 0 aliphatic carbocycles. The number of amides is 1. The minimum absolute atomic E-state index is 0.168. The average Bonchev–Trinajstić information content (AvgIpc) is 2.64. The van der Waals surface area contributed by atoms with Crippen molar-refractivity contribution in [2.75, 3.05) is 18.4 Å². The first-order valence-corrected chi connectivity index (χ1v) is 11.1. The summed E-state index contributed by atoms with van der Waals surface area (Å²) in [5.41, 5.74) is 3.26. The van der Waals surface area contributed by atoms with Gasteiger partial charge in [-0.1, -0.05) is 26.0 Å². The lowest BCUT2D eigenvalue weighted by Gasteiger charge is -2.34. The minimum Gasteiger partial charge on any atom is -0.322 e. The summed E-state index contributed by atoms with van der Waals surface area (Å²) in [6.45, 7) is 9.19. The maximum Gasteiger partial charge on any atom is 0.255 e. The van der Waals surface area contributed by atoms with E-state index in [-0.39, 0.29) is 10.8 Å². The molecule has 2 atom stereocenters. The molecule has 6 heteroatoms. The van der Waals surface area contributed by atoms with E-state index in [9.17, 15) is 13.2 Å². The number of hydrogen-bond donors (Lipinski definition) is 1. The molecule has 1 heterocycles. The molecule has 2 aromatic carbocycles. The van der Waals surface area contributed by atoms with E-state index in [1.165, 1.54) is 6.07 Å². The molecule has 0 bridgehead atoms. The molecule has 0 saturated carbocycles. The molecule has 1 aliphatic heterocycles. The Morgan fingerprint density at radius 2 is 1.68 bits per heavy atom. The van der Waals surface area contributed by atoms with Gasteiger partial charge < -0.3 is 5.32 Å². The van der Waals surface area contributed by atoms with Crippen molar-refractivity contribution in [3.8, 4) is 0 Å². The van der Waals surface area contributed by atoms with Crippen LogP contribution in [0.3, 0.4) is 0 Å². The first-order chi connectivity index (χ1) is 13.2. The smallest absolute Gasteiger partial charge is 0.255 e. The molecule has 2 unspecified atom stereocenters. The fraction of sp³-hybridized carbons (Fsp3) is 0.409. The van der Waals surface area contributed by atoms with Gasteiger partial charge in [0, 0.05) is 24.3 Å². The summed E-state index contributed by atoms with van der Waals surface area (Å²) in [6.07, 6.45) is 1.03. The van der Waals surface area contributed by atoms with E-state index in [0.717, 1.165) is 17.5 Å². The average molecular weight is 401 g/mol. The standard InChI is InChI=1S/C22H28N2O3S/c1-15-10-16(2)14-24(13-15)28(26,27)21-7-5-6-19(12-21)22(25)23-20-9-8-17(3)18(4)11-20/h5-9,11-12,15-16H,10,13-14H2,1-4H3,(H,23,25). The van der Waals surface area contributed by atoms with Gasteiger partial charge in [0.15, 0.2) is 0 Å². The van der Waals surface area contributed by atoms with E-state index in [1.54, 1.807) is 22.5 Å². The Morgan fingerprint density at radius 3 is 2.32 bits per heavy atom. The van der Waals surface area contributed by atoms with E-state index in [2.05, 4.69) is 19.2 Å². The predicted octanol–water partition coefficient (Wildman–Crippen LogP) is 4.22. The van der Waals surface area contributed by atoms with Gasteiger partial charge in [0.1, 0.15) is 0 Å². The summed E-state index contributed by atoms with van der Waals surface area (Å²) in [5.74, 6) is 0.338. The molecule has 1 fully saturated rings. The topological polar surface area (TPSA) is 66.5 Å². The molecular weight excluding hydrogens is 372 g/mol. The van der Waals surface area contributed by atoms with E-state index < -0.39 is 10.0 Å². The number of sulfonamides is 1. The van der Waals surface area contributed by atoms with Crippen molar-refractivity contribution in [3.05, 3.63) is 59.2 Å². The van der Waals surface area contributed by atoms with Crippen LogP contribution in [0.5, 0.6) is 0 Å². The Balaban J connectivity index is 1.83. The number of rotatable bonds is 4. The molecular formula is C22H28N2O3S. The molecule has 5 nitrogen and oxygen atoms in total. The second-order valence-corrected chi connectivity index (χ2v) is 9.99. The normalized spacial score (nSPS) is 20.7. The molecule has 28 heavy (non-hydrogen) atoms. The van der Waals surface area contributed by atoms with Crippen LogP contribution in [0.1, 0.15) is 41.8 Å². The van der Waals surface area contributed by atoms with Crippen molar-refractivity contribution in [1.82, 2.24) is 4.31 Å². The lowest BCUT2D eigenvalue weighted by atomic mass is 9.94. The summed E-state index contributed by atoms with van der Waals surface area (Å²) >= 11 is 0. The molecule has 1 N–H and O–H groups in total. The van der Waals surface area contributed by atoms with Crippen LogP contribution in [-0.2, 0) is 10.0 Å². The molecule has 0 radical (unpaired) electrons. The van der Waals surface area contributed by atoms with E-state index in [0.29, 0.717) is 36.2 Å². The Labute approximate surface area is 167 Å². The van der Waals surface area contributed by atoms with Gasteiger partial charge in [-0.05, 0) is 73.6 Å². The molecule has 1 saturated heterocycles. The van der Waals surface area contributed by atoms with Crippen molar-refractivity contribution < 1.29 is 13.2 Å². The van der Waals surface area contributed by atoms with Crippen molar-refractivity contribution >= 4 is 21.6 Å².